The summed E-state index contributed by atoms with van der Waals surface area (Å²) in [5, 5.41) is 3.28. The molecule has 2 aromatic rings. The second-order valence-corrected chi connectivity index (χ2v) is 9.92. The summed E-state index contributed by atoms with van der Waals surface area (Å²) in [5.41, 5.74) is 0.429. The van der Waals surface area contributed by atoms with Gasteiger partial charge in [0.1, 0.15) is 0 Å². The lowest BCUT2D eigenvalue weighted by Crippen LogP contribution is -2.40. The normalized spacial score (nSPS) is 15.3. The SMILES string of the molecule is CC(OC(=O)c1cccc(S(=O)(=O)N(C)c2cccc(Cl)c2)c1)C(=O)NC1CCCC1. The molecule has 0 heterocycles. The predicted molar refractivity (Wildman–Crippen MR) is 119 cm³/mol. The standard InChI is InChI=1S/C22H25ClN2O5S/c1-15(21(26)24-18-9-3-4-10-18)30-22(27)16-7-5-12-20(13-16)31(28,29)25(2)19-11-6-8-17(23)14-19/h5-8,11-15,18H,3-4,9-10H2,1-2H3,(H,24,26). The largest absolute Gasteiger partial charge is 0.449 e. The van der Waals surface area contributed by atoms with Gasteiger partial charge in [-0.2, -0.15) is 0 Å². The lowest BCUT2D eigenvalue weighted by molar-refractivity contribution is -0.129. The van der Waals surface area contributed by atoms with E-state index in [0.29, 0.717) is 10.7 Å². The van der Waals surface area contributed by atoms with E-state index >= 15 is 0 Å². The summed E-state index contributed by atoms with van der Waals surface area (Å²) in [7, 11) is -2.53. The van der Waals surface area contributed by atoms with Crippen molar-refractivity contribution in [3.63, 3.8) is 0 Å². The van der Waals surface area contributed by atoms with Crippen molar-refractivity contribution >= 4 is 39.2 Å². The second-order valence-electron chi connectivity index (χ2n) is 7.52. The molecule has 1 N–H and O–H groups in total. The van der Waals surface area contributed by atoms with Gasteiger partial charge in [0.05, 0.1) is 16.1 Å². The Labute approximate surface area is 187 Å². The number of hydrogen-bond donors (Lipinski definition) is 1. The minimum Gasteiger partial charge on any atom is -0.449 e. The number of nitrogens with zero attached hydrogens (tertiary/aromatic N) is 1. The molecule has 0 spiro atoms. The lowest BCUT2D eigenvalue weighted by Gasteiger charge is -2.20. The molecular formula is C22H25ClN2O5S. The van der Waals surface area contributed by atoms with E-state index in [1.54, 1.807) is 18.2 Å². The Kier molecular flexibility index (Phi) is 7.23. The van der Waals surface area contributed by atoms with Crippen molar-refractivity contribution in [3.05, 3.63) is 59.1 Å². The smallest absolute Gasteiger partial charge is 0.338 e. The maximum atomic E-state index is 13.0. The molecule has 0 bridgehead atoms. The van der Waals surface area contributed by atoms with Crippen molar-refractivity contribution in [1.82, 2.24) is 5.32 Å². The summed E-state index contributed by atoms with van der Waals surface area (Å²) in [5.74, 6) is -1.12. The quantitative estimate of drug-likeness (QED) is 0.629. The first kappa shape index (κ1) is 23.1. The van der Waals surface area contributed by atoms with Gasteiger partial charge in [-0.3, -0.25) is 9.10 Å². The van der Waals surface area contributed by atoms with Gasteiger partial charge < -0.3 is 10.1 Å². The van der Waals surface area contributed by atoms with Crippen LogP contribution in [0.4, 0.5) is 5.69 Å². The average Bonchev–Trinajstić information content (AvgIpc) is 3.26. The molecule has 0 aromatic heterocycles. The van der Waals surface area contributed by atoms with E-state index in [-0.39, 0.29) is 22.4 Å². The van der Waals surface area contributed by atoms with Crippen molar-refractivity contribution in [3.8, 4) is 0 Å². The fourth-order valence-corrected chi connectivity index (χ4v) is 4.84. The second kappa shape index (κ2) is 9.70. The molecule has 31 heavy (non-hydrogen) atoms. The highest BCUT2D eigenvalue weighted by molar-refractivity contribution is 7.92. The number of carbonyl (C=O) groups is 2. The fourth-order valence-electron chi connectivity index (χ4n) is 3.42. The average molecular weight is 465 g/mol. The van der Waals surface area contributed by atoms with Crippen molar-refractivity contribution in [1.29, 1.82) is 0 Å². The van der Waals surface area contributed by atoms with Crippen LogP contribution in [-0.4, -0.2) is 39.5 Å². The van der Waals surface area contributed by atoms with E-state index in [1.165, 1.54) is 44.3 Å². The van der Waals surface area contributed by atoms with Gasteiger partial charge >= 0.3 is 5.97 Å². The van der Waals surface area contributed by atoms with Crippen LogP contribution in [0.3, 0.4) is 0 Å². The van der Waals surface area contributed by atoms with E-state index < -0.39 is 22.1 Å². The number of ether oxygens (including phenoxy) is 1. The highest BCUT2D eigenvalue weighted by Crippen LogP contribution is 2.25. The van der Waals surface area contributed by atoms with Crippen LogP contribution >= 0.6 is 11.6 Å². The molecule has 0 radical (unpaired) electrons. The molecule has 0 aliphatic heterocycles. The van der Waals surface area contributed by atoms with Crippen LogP contribution in [0, 0.1) is 0 Å². The molecule has 1 amide bonds. The Hall–Kier alpha value is -2.58. The molecule has 1 aliphatic rings. The summed E-state index contributed by atoms with van der Waals surface area (Å²) in [6.07, 6.45) is 3.01. The summed E-state index contributed by atoms with van der Waals surface area (Å²) >= 11 is 5.96. The first-order valence-corrected chi connectivity index (χ1v) is 11.9. The zero-order valence-electron chi connectivity index (χ0n) is 17.4. The summed E-state index contributed by atoms with van der Waals surface area (Å²) in [4.78, 5) is 24.7. The molecule has 2 aromatic carbocycles. The molecule has 1 unspecified atom stereocenters. The van der Waals surface area contributed by atoms with Gasteiger partial charge in [-0.1, -0.05) is 36.6 Å². The van der Waals surface area contributed by atoms with Gasteiger partial charge in [0.15, 0.2) is 6.10 Å². The number of anilines is 1. The minimum absolute atomic E-state index is 0.0427. The Morgan fingerprint density at radius 3 is 2.48 bits per heavy atom. The molecule has 9 heteroatoms. The first-order valence-electron chi connectivity index (χ1n) is 10.0. The van der Waals surface area contributed by atoms with Crippen LogP contribution < -0.4 is 9.62 Å². The van der Waals surface area contributed by atoms with Gasteiger partial charge in [0.2, 0.25) is 0 Å². The topological polar surface area (TPSA) is 92.8 Å². The monoisotopic (exact) mass is 464 g/mol. The number of sulfonamides is 1. The third-order valence-corrected chi connectivity index (χ3v) is 7.27. The van der Waals surface area contributed by atoms with Crippen LogP contribution in [0.1, 0.15) is 43.0 Å². The predicted octanol–water partition coefficient (Wildman–Crippen LogP) is 3.77. The van der Waals surface area contributed by atoms with Crippen LogP contribution in [0.15, 0.2) is 53.4 Å². The highest BCUT2D eigenvalue weighted by Gasteiger charge is 2.26. The van der Waals surface area contributed by atoms with Gasteiger partial charge in [-0.05, 0) is 56.2 Å². The number of nitrogens with one attached hydrogen (secondary N) is 1. The number of benzene rings is 2. The summed E-state index contributed by atoms with van der Waals surface area (Å²) in [6.45, 7) is 1.50. The van der Waals surface area contributed by atoms with Crippen molar-refractivity contribution in [2.24, 2.45) is 0 Å². The van der Waals surface area contributed by atoms with E-state index in [2.05, 4.69) is 5.32 Å². The number of carbonyl (C=O) groups excluding carboxylic acids is 2. The number of halogens is 1. The molecule has 1 saturated carbocycles. The van der Waals surface area contributed by atoms with Crippen LogP contribution in [0.25, 0.3) is 0 Å². The number of esters is 1. The minimum atomic E-state index is -3.94. The number of amides is 1. The third kappa shape index (κ3) is 5.57. The van der Waals surface area contributed by atoms with E-state index in [0.717, 1.165) is 30.0 Å². The Morgan fingerprint density at radius 1 is 1.13 bits per heavy atom. The summed E-state index contributed by atoms with van der Waals surface area (Å²) in [6, 6.07) is 12.1. The Morgan fingerprint density at radius 2 is 1.81 bits per heavy atom. The Balaban J connectivity index is 1.72. The van der Waals surface area contributed by atoms with Crippen LogP contribution in [0.5, 0.6) is 0 Å². The third-order valence-electron chi connectivity index (χ3n) is 5.25. The summed E-state index contributed by atoms with van der Waals surface area (Å²) < 4.78 is 32.4. The molecule has 7 nitrogen and oxygen atoms in total. The molecule has 166 valence electrons. The fraction of sp³-hybridized carbons (Fsp3) is 0.364. The molecule has 1 atom stereocenters. The van der Waals surface area contributed by atoms with Crippen molar-refractivity contribution in [2.75, 3.05) is 11.4 Å². The molecule has 3 rings (SSSR count). The zero-order chi connectivity index (χ0) is 22.6. The maximum absolute atomic E-state index is 13.0. The van der Waals surface area contributed by atoms with Crippen molar-refractivity contribution in [2.45, 2.75) is 49.6 Å². The van der Waals surface area contributed by atoms with Crippen LogP contribution in [-0.2, 0) is 19.6 Å². The Bertz CT molecular complexity index is 1070. The number of rotatable bonds is 7. The molecule has 1 fully saturated rings. The van der Waals surface area contributed by atoms with E-state index in [4.69, 9.17) is 16.3 Å². The van der Waals surface area contributed by atoms with Crippen LogP contribution in [0.2, 0.25) is 5.02 Å². The van der Waals surface area contributed by atoms with E-state index in [9.17, 15) is 18.0 Å². The maximum Gasteiger partial charge on any atom is 0.338 e. The lowest BCUT2D eigenvalue weighted by atomic mass is 10.2. The van der Waals surface area contributed by atoms with Crippen molar-refractivity contribution < 1.29 is 22.7 Å². The number of hydrogen-bond acceptors (Lipinski definition) is 5. The van der Waals surface area contributed by atoms with Gasteiger partial charge in [-0.15, -0.1) is 0 Å². The molecule has 1 aliphatic carbocycles. The van der Waals surface area contributed by atoms with Gasteiger partial charge in [0, 0.05) is 18.1 Å². The van der Waals surface area contributed by atoms with Gasteiger partial charge in [-0.25, -0.2) is 13.2 Å². The highest BCUT2D eigenvalue weighted by atomic mass is 35.5. The van der Waals surface area contributed by atoms with E-state index in [1.807, 2.05) is 0 Å². The molecule has 0 saturated heterocycles. The molecular weight excluding hydrogens is 440 g/mol. The van der Waals surface area contributed by atoms with Gasteiger partial charge in [0.25, 0.3) is 15.9 Å². The first-order chi connectivity index (χ1) is 14.7. The zero-order valence-corrected chi connectivity index (χ0v) is 18.9.